The molecule has 3 rings (SSSR count). The average molecular weight is 353 g/mol. The first-order chi connectivity index (χ1) is 11.8. The van der Waals surface area contributed by atoms with Crippen LogP contribution in [0.4, 0.5) is 4.79 Å². The third-order valence-electron chi connectivity index (χ3n) is 4.11. The highest BCUT2D eigenvalue weighted by molar-refractivity contribution is 8.18. The highest BCUT2D eigenvalue weighted by Gasteiger charge is 2.35. The molecule has 25 heavy (non-hydrogen) atoms. The number of carbonyl (C=O) groups is 2. The van der Waals surface area contributed by atoms with Gasteiger partial charge in [0.15, 0.2) is 0 Å². The predicted molar refractivity (Wildman–Crippen MR) is 100 cm³/mol. The molecule has 1 fully saturated rings. The Morgan fingerprint density at radius 3 is 2.40 bits per heavy atom. The summed E-state index contributed by atoms with van der Waals surface area (Å²) in [4.78, 5) is 26.5. The van der Waals surface area contributed by atoms with Crippen LogP contribution in [-0.4, -0.2) is 21.2 Å². The molecule has 0 unspecified atom stereocenters. The van der Waals surface area contributed by atoms with Crippen molar-refractivity contribution in [2.24, 2.45) is 0 Å². The van der Waals surface area contributed by atoms with Crippen molar-refractivity contribution in [2.75, 3.05) is 0 Å². The Balaban J connectivity index is 1.86. The summed E-state index contributed by atoms with van der Waals surface area (Å²) in [5.41, 5.74) is 4.30. The van der Waals surface area contributed by atoms with Crippen molar-refractivity contribution in [2.45, 2.75) is 27.3 Å². The van der Waals surface area contributed by atoms with Crippen molar-refractivity contribution in [3.63, 3.8) is 0 Å². The molecule has 2 amide bonds. The number of nitrogens with zero attached hydrogens (tertiary/aromatic N) is 1. The van der Waals surface area contributed by atoms with Gasteiger partial charge in [0.25, 0.3) is 11.1 Å². The normalized spacial score (nSPS) is 16.1. The second-order valence-electron chi connectivity index (χ2n) is 6.26. The summed E-state index contributed by atoms with van der Waals surface area (Å²) in [6.45, 7) is 5.87. The van der Waals surface area contributed by atoms with Gasteiger partial charge in [-0.3, -0.25) is 14.5 Å². The first-order valence-electron chi connectivity index (χ1n) is 7.96. The van der Waals surface area contributed by atoms with E-state index in [-0.39, 0.29) is 23.4 Å². The number of hydrogen-bond donors (Lipinski definition) is 1. The molecule has 0 aliphatic carbocycles. The molecule has 1 heterocycles. The molecule has 0 atom stereocenters. The summed E-state index contributed by atoms with van der Waals surface area (Å²) in [5.74, 6) is -0.0235. The van der Waals surface area contributed by atoms with Crippen molar-refractivity contribution in [3.8, 4) is 5.75 Å². The van der Waals surface area contributed by atoms with E-state index in [1.54, 1.807) is 18.2 Å². The van der Waals surface area contributed by atoms with E-state index in [1.807, 2.05) is 45.0 Å². The van der Waals surface area contributed by atoms with Crippen LogP contribution in [0.15, 0.2) is 41.3 Å². The number of imide groups is 1. The molecule has 5 heteroatoms. The minimum Gasteiger partial charge on any atom is -0.507 e. The van der Waals surface area contributed by atoms with E-state index in [0.29, 0.717) is 4.91 Å². The monoisotopic (exact) mass is 353 g/mol. The summed E-state index contributed by atoms with van der Waals surface area (Å²) < 4.78 is 0. The van der Waals surface area contributed by atoms with Gasteiger partial charge in [0.1, 0.15) is 5.75 Å². The maximum Gasteiger partial charge on any atom is 0.293 e. The molecule has 1 saturated heterocycles. The summed E-state index contributed by atoms with van der Waals surface area (Å²) in [5, 5.41) is 9.60. The lowest BCUT2D eigenvalue weighted by Crippen LogP contribution is -2.27. The fraction of sp³-hybridized carbons (Fsp3) is 0.200. The number of thioether (sulfide) groups is 1. The van der Waals surface area contributed by atoms with Gasteiger partial charge in [-0.05, 0) is 73.0 Å². The molecule has 0 aromatic heterocycles. The number of aryl methyl sites for hydroxylation is 3. The molecule has 128 valence electrons. The van der Waals surface area contributed by atoms with Crippen molar-refractivity contribution in [1.29, 1.82) is 0 Å². The molecule has 0 saturated carbocycles. The maximum absolute atomic E-state index is 12.6. The summed E-state index contributed by atoms with van der Waals surface area (Å²) in [6, 6.07) is 11.4. The topological polar surface area (TPSA) is 57.6 Å². The lowest BCUT2D eigenvalue weighted by molar-refractivity contribution is -0.123. The van der Waals surface area contributed by atoms with Crippen LogP contribution in [0.1, 0.15) is 27.8 Å². The highest BCUT2D eigenvalue weighted by Crippen LogP contribution is 2.34. The van der Waals surface area contributed by atoms with E-state index in [1.165, 1.54) is 4.90 Å². The summed E-state index contributed by atoms with van der Waals surface area (Å²) in [6.07, 6.45) is 1.71. The van der Waals surface area contributed by atoms with Crippen molar-refractivity contribution in [3.05, 3.63) is 69.1 Å². The van der Waals surface area contributed by atoms with Crippen LogP contribution in [0.25, 0.3) is 6.08 Å². The van der Waals surface area contributed by atoms with Gasteiger partial charge < -0.3 is 5.11 Å². The standard InChI is InChI=1S/C20H19NO3S/c1-12-5-4-6-15(7-12)11-21-19(23)17(25-20(21)24)10-16-8-13(2)18(22)14(3)9-16/h4-10,22H,11H2,1-3H3/b17-10-. The molecular weight excluding hydrogens is 334 g/mol. The number of carbonyl (C=O) groups excluding carboxylic acids is 2. The Bertz CT molecular complexity index is 879. The van der Waals surface area contributed by atoms with Gasteiger partial charge in [0.2, 0.25) is 0 Å². The second-order valence-corrected chi connectivity index (χ2v) is 7.25. The third-order valence-corrected chi connectivity index (χ3v) is 5.02. The van der Waals surface area contributed by atoms with E-state index in [2.05, 4.69) is 0 Å². The zero-order valence-electron chi connectivity index (χ0n) is 14.4. The Morgan fingerprint density at radius 1 is 1.08 bits per heavy atom. The van der Waals surface area contributed by atoms with E-state index >= 15 is 0 Å². The molecule has 0 spiro atoms. The molecule has 4 nitrogen and oxygen atoms in total. The van der Waals surface area contributed by atoms with Crippen LogP contribution in [0, 0.1) is 20.8 Å². The number of aromatic hydroxyl groups is 1. The minimum atomic E-state index is -0.278. The Morgan fingerprint density at radius 2 is 1.76 bits per heavy atom. The molecule has 1 N–H and O–H groups in total. The quantitative estimate of drug-likeness (QED) is 0.822. The lowest BCUT2D eigenvalue weighted by Gasteiger charge is -2.12. The molecule has 2 aromatic carbocycles. The van der Waals surface area contributed by atoms with Gasteiger partial charge in [-0.2, -0.15) is 0 Å². The Labute approximate surface area is 151 Å². The molecule has 0 radical (unpaired) electrons. The third kappa shape index (κ3) is 3.61. The number of phenolic OH excluding ortho intramolecular Hbond substituents is 1. The van der Waals surface area contributed by atoms with Crippen LogP contribution >= 0.6 is 11.8 Å². The van der Waals surface area contributed by atoms with Crippen molar-refractivity contribution in [1.82, 2.24) is 4.90 Å². The van der Waals surface area contributed by atoms with Gasteiger partial charge >= 0.3 is 0 Å². The molecule has 1 aliphatic rings. The zero-order chi connectivity index (χ0) is 18.1. The first-order valence-corrected chi connectivity index (χ1v) is 8.78. The van der Waals surface area contributed by atoms with E-state index < -0.39 is 0 Å². The molecule has 0 bridgehead atoms. The van der Waals surface area contributed by atoms with Gasteiger partial charge in [-0.25, -0.2) is 0 Å². The van der Waals surface area contributed by atoms with E-state index in [4.69, 9.17) is 0 Å². The summed E-state index contributed by atoms with van der Waals surface area (Å²) in [7, 11) is 0. The van der Waals surface area contributed by atoms with Crippen LogP contribution in [0.5, 0.6) is 5.75 Å². The van der Waals surface area contributed by atoms with E-state index in [0.717, 1.165) is 39.6 Å². The number of rotatable bonds is 3. The highest BCUT2D eigenvalue weighted by atomic mass is 32.2. The zero-order valence-corrected chi connectivity index (χ0v) is 15.2. The van der Waals surface area contributed by atoms with Crippen LogP contribution in [0.3, 0.4) is 0 Å². The average Bonchev–Trinajstić information content (AvgIpc) is 2.80. The predicted octanol–water partition coefficient (Wildman–Crippen LogP) is 4.55. The maximum atomic E-state index is 12.6. The molecule has 1 aliphatic heterocycles. The molecular formula is C20H19NO3S. The molecule has 2 aromatic rings. The van der Waals surface area contributed by atoms with Crippen molar-refractivity contribution < 1.29 is 14.7 Å². The Kier molecular flexibility index (Phi) is 4.68. The minimum absolute atomic E-state index is 0.254. The number of benzene rings is 2. The fourth-order valence-electron chi connectivity index (χ4n) is 2.85. The SMILES string of the molecule is Cc1cccc(CN2C(=O)S/C(=C\c3cc(C)c(O)c(C)c3)C2=O)c1. The largest absolute Gasteiger partial charge is 0.507 e. The van der Waals surface area contributed by atoms with Crippen LogP contribution in [0.2, 0.25) is 0 Å². The number of amides is 2. The summed E-state index contributed by atoms with van der Waals surface area (Å²) >= 11 is 0.952. The van der Waals surface area contributed by atoms with Gasteiger partial charge in [-0.15, -0.1) is 0 Å². The van der Waals surface area contributed by atoms with Gasteiger partial charge in [0.05, 0.1) is 11.4 Å². The van der Waals surface area contributed by atoms with Crippen LogP contribution in [-0.2, 0) is 11.3 Å². The lowest BCUT2D eigenvalue weighted by atomic mass is 10.1. The van der Waals surface area contributed by atoms with Gasteiger partial charge in [-0.1, -0.05) is 29.8 Å². The number of phenols is 1. The second kappa shape index (κ2) is 6.76. The fourth-order valence-corrected chi connectivity index (χ4v) is 3.69. The Hall–Kier alpha value is -2.53. The van der Waals surface area contributed by atoms with Gasteiger partial charge in [0, 0.05) is 0 Å². The van der Waals surface area contributed by atoms with E-state index in [9.17, 15) is 14.7 Å². The van der Waals surface area contributed by atoms with Crippen LogP contribution < -0.4 is 0 Å². The smallest absolute Gasteiger partial charge is 0.293 e. The number of hydrogen-bond acceptors (Lipinski definition) is 4. The van der Waals surface area contributed by atoms with Crippen molar-refractivity contribution >= 4 is 29.0 Å². The first kappa shape index (κ1) is 17.3.